The van der Waals surface area contributed by atoms with Gasteiger partial charge in [-0.05, 0) is 7.05 Å². The third-order valence-corrected chi connectivity index (χ3v) is 1.92. The molecule has 0 aliphatic carbocycles. The van der Waals surface area contributed by atoms with Crippen molar-refractivity contribution in [2.75, 3.05) is 26.7 Å². The summed E-state index contributed by atoms with van der Waals surface area (Å²) in [4.78, 5) is 2.27. The van der Waals surface area contributed by atoms with Crippen molar-refractivity contribution in [3.05, 3.63) is 0 Å². The molecule has 1 saturated heterocycles. The average molecular weight is 141 g/mol. The molecule has 0 bridgehead atoms. The highest BCUT2D eigenvalue weighted by atomic mass is 15.8. The molecule has 2 rings (SSSR count). The molecule has 5 heteroatoms. The first-order valence-electron chi connectivity index (χ1n) is 3.47. The van der Waals surface area contributed by atoms with Crippen molar-refractivity contribution >= 4 is 0 Å². The summed E-state index contributed by atoms with van der Waals surface area (Å²) in [5, 5.41) is 9.64. The van der Waals surface area contributed by atoms with E-state index < -0.39 is 0 Å². The Kier molecular flexibility index (Phi) is 1.23. The monoisotopic (exact) mass is 141 g/mol. The molecule has 2 aliphatic rings. The Labute approximate surface area is 59.6 Å². The van der Waals surface area contributed by atoms with Gasteiger partial charge in [0.15, 0.2) is 0 Å². The second-order valence-corrected chi connectivity index (χ2v) is 2.76. The van der Waals surface area contributed by atoms with Crippen molar-refractivity contribution in [1.82, 2.24) is 15.3 Å². The second-order valence-electron chi connectivity index (χ2n) is 2.76. The quantitative estimate of drug-likeness (QED) is 0.492. The fraction of sp³-hybridized carbons (Fsp3) is 1.00. The number of hydrogen-bond donors (Lipinski definition) is 1. The highest BCUT2D eigenvalue weighted by Gasteiger charge is 2.26. The largest absolute Gasteiger partial charge is 0.301 e. The lowest BCUT2D eigenvalue weighted by Crippen LogP contribution is -2.51. The molecular weight excluding hydrogens is 130 g/mol. The molecule has 0 aromatic rings. The lowest BCUT2D eigenvalue weighted by Gasteiger charge is -2.32. The minimum atomic E-state index is 0.318. The Balaban J connectivity index is 2.01. The van der Waals surface area contributed by atoms with Gasteiger partial charge < -0.3 is 4.90 Å². The predicted octanol–water partition coefficient (Wildman–Crippen LogP) is -0.555. The van der Waals surface area contributed by atoms with Crippen molar-refractivity contribution in [2.45, 2.75) is 6.17 Å². The molecule has 2 aliphatic heterocycles. The van der Waals surface area contributed by atoms with Crippen LogP contribution in [0, 0.1) is 0 Å². The lowest BCUT2D eigenvalue weighted by atomic mass is 10.3. The van der Waals surface area contributed by atoms with Crippen molar-refractivity contribution in [3.8, 4) is 0 Å². The zero-order valence-corrected chi connectivity index (χ0v) is 5.99. The van der Waals surface area contributed by atoms with Crippen molar-refractivity contribution in [2.24, 2.45) is 10.4 Å². The zero-order chi connectivity index (χ0) is 6.97. The number of nitrogens with zero attached hydrogens (tertiary/aromatic N) is 4. The molecule has 5 nitrogen and oxygen atoms in total. The topological polar surface area (TPSA) is 43.2 Å². The highest BCUT2D eigenvalue weighted by molar-refractivity contribution is 4.76. The fourth-order valence-corrected chi connectivity index (χ4v) is 1.27. The smallest absolute Gasteiger partial charge is 0.147 e. The van der Waals surface area contributed by atoms with E-state index >= 15 is 0 Å². The lowest BCUT2D eigenvalue weighted by molar-refractivity contribution is 0.100. The van der Waals surface area contributed by atoms with E-state index in [9.17, 15) is 0 Å². The first-order chi connectivity index (χ1) is 4.86. The minimum Gasteiger partial charge on any atom is -0.301 e. The van der Waals surface area contributed by atoms with E-state index in [2.05, 4.69) is 27.8 Å². The summed E-state index contributed by atoms with van der Waals surface area (Å²) < 4.78 is 0. The van der Waals surface area contributed by atoms with Crippen LogP contribution in [0.2, 0.25) is 0 Å². The molecule has 1 fully saturated rings. The van der Waals surface area contributed by atoms with Gasteiger partial charge in [-0.15, -0.1) is 0 Å². The molecule has 0 saturated carbocycles. The summed E-state index contributed by atoms with van der Waals surface area (Å²) in [5.41, 5.74) is 2.93. The molecule has 1 atom stereocenters. The van der Waals surface area contributed by atoms with Crippen LogP contribution in [0.5, 0.6) is 0 Å². The number of hydrogen-bond acceptors (Lipinski definition) is 5. The maximum absolute atomic E-state index is 3.91. The molecule has 0 radical (unpaired) electrons. The molecule has 0 aromatic heterocycles. The summed E-state index contributed by atoms with van der Waals surface area (Å²) >= 11 is 0. The Morgan fingerprint density at radius 2 is 2.40 bits per heavy atom. The Morgan fingerprint density at radius 3 is 3.30 bits per heavy atom. The van der Waals surface area contributed by atoms with Crippen LogP contribution in [0.4, 0.5) is 0 Å². The van der Waals surface area contributed by atoms with Crippen LogP contribution in [0.3, 0.4) is 0 Å². The van der Waals surface area contributed by atoms with Gasteiger partial charge in [0.2, 0.25) is 0 Å². The van der Waals surface area contributed by atoms with Gasteiger partial charge in [-0.3, -0.25) is 10.4 Å². The van der Waals surface area contributed by atoms with E-state index in [0.29, 0.717) is 6.17 Å². The molecule has 1 unspecified atom stereocenters. The van der Waals surface area contributed by atoms with E-state index in [1.54, 1.807) is 0 Å². The maximum Gasteiger partial charge on any atom is 0.147 e. The molecule has 1 N–H and O–H groups in total. The van der Waals surface area contributed by atoms with E-state index in [1.807, 2.05) is 5.01 Å². The van der Waals surface area contributed by atoms with Crippen LogP contribution in [0.15, 0.2) is 10.4 Å². The molecular formula is C5H11N5. The first kappa shape index (κ1) is 5.91. The minimum absolute atomic E-state index is 0.318. The number of rotatable bonds is 0. The molecule has 0 spiro atoms. The summed E-state index contributed by atoms with van der Waals surface area (Å²) in [6.45, 7) is 3.07. The third kappa shape index (κ3) is 0.824. The van der Waals surface area contributed by atoms with Crippen molar-refractivity contribution < 1.29 is 0 Å². The van der Waals surface area contributed by atoms with Gasteiger partial charge in [0.05, 0.1) is 6.54 Å². The summed E-state index contributed by atoms with van der Waals surface area (Å²) in [6.07, 6.45) is 0.318. The van der Waals surface area contributed by atoms with Gasteiger partial charge in [-0.2, -0.15) is 0 Å². The van der Waals surface area contributed by atoms with Crippen LogP contribution >= 0.6 is 0 Å². The van der Waals surface area contributed by atoms with Crippen LogP contribution < -0.4 is 5.43 Å². The SMILES string of the molecule is CN1CCN2N=NNC2C1. The van der Waals surface area contributed by atoms with E-state index in [4.69, 9.17) is 0 Å². The highest BCUT2D eigenvalue weighted by Crippen LogP contribution is 2.10. The number of piperazine rings is 1. The van der Waals surface area contributed by atoms with E-state index in [0.717, 1.165) is 19.6 Å². The van der Waals surface area contributed by atoms with Crippen molar-refractivity contribution in [1.29, 1.82) is 0 Å². The normalized spacial score (nSPS) is 32.1. The molecule has 0 aromatic carbocycles. The van der Waals surface area contributed by atoms with Crippen LogP contribution in [-0.2, 0) is 0 Å². The fourth-order valence-electron chi connectivity index (χ4n) is 1.27. The first-order valence-corrected chi connectivity index (χ1v) is 3.47. The Morgan fingerprint density at radius 1 is 1.50 bits per heavy atom. The molecule has 2 heterocycles. The maximum atomic E-state index is 3.91. The summed E-state index contributed by atoms with van der Waals surface area (Å²) in [5.74, 6) is 0. The predicted molar refractivity (Wildman–Crippen MR) is 36.0 cm³/mol. The molecule has 10 heavy (non-hydrogen) atoms. The van der Waals surface area contributed by atoms with E-state index in [-0.39, 0.29) is 0 Å². The van der Waals surface area contributed by atoms with Crippen LogP contribution in [0.1, 0.15) is 0 Å². The number of nitrogens with one attached hydrogen (secondary N) is 1. The third-order valence-electron chi connectivity index (χ3n) is 1.92. The standard InChI is InChI=1S/C5H11N5/c1-9-2-3-10-5(4-9)6-7-8-10/h5H,2-4H2,1H3,(H,6,8). The summed E-state index contributed by atoms with van der Waals surface area (Å²) in [7, 11) is 2.11. The average Bonchev–Trinajstić information content (AvgIpc) is 2.33. The Bertz CT molecular complexity index is 156. The zero-order valence-electron chi connectivity index (χ0n) is 5.99. The number of likely N-dealkylation sites (N-methyl/N-ethyl adjacent to an activating group) is 1. The molecule has 0 amide bonds. The van der Waals surface area contributed by atoms with Crippen LogP contribution in [-0.4, -0.2) is 42.8 Å². The van der Waals surface area contributed by atoms with Gasteiger partial charge in [-0.25, -0.2) is 0 Å². The number of fused-ring (bicyclic) bond motifs is 1. The van der Waals surface area contributed by atoms with Gasteiger partial charge >= 0.3 is 0 Å². The van der Waals surface area contributed by atoms with Crippen LogP contribution in [0.25, 0.3) is 0 Å². The summed E-state index contributed by atoms with van der Waals surface area (Å²) in [6, 6.07) is 0. The second kappa shape index (κ2) is 2.09. The van der Waals surface area contributed by atoms with Crippen molar-refractivity contribution in [3.63, 3.8) is 0 Å². The van der Waals surface area contributed by atoms with Gasteiger partial charge in [-0.1, -0.05) is 10.4 Å². The van der Waals surface area contributed by atoms with Gasteiger partial charge in [0, 0.05) is 13.1 Å². The van der Waals surface area contributed by atoms with Gasteiger partial charge in [0.1, 0.15) is 6.17 Å². The van der Waals surface area contributed by atoms with E-state index in [1.165, 1.54) is 0 Å². The van der Waals surface area contributed by atoms with Gasteiger partial charge in [0.25, 0.3) is 0 Å². The molecule has 56 valence electrons. The Hall–Kier alpha value is -0.840.